The highest BCUT2D eigenvalue weighted by Gasteiger charge is 1.92. The Morgan fingerprint density at radius 2 is 2.30 bits per heavy atom. The average Bonchev–Trinajstić information content (AvgIpc) is 2.33. The molecule has 0 bridgehead atoms. The predicted molar refractivity (Wildman–Crippen MR) is 45.4 cm³/mol. The van der Waals surface area contributed by atoms with Gasteiger partial charge in [-0.25, -0.2) is 0 Å². The first kappa shape index (κ1) is 5.93. The third-order valence-electron chi connectivity index (χ3n) is 1.56. The van der Waals surface area contributed by atoms with E-state index in [2.05, 4.69) is 35.9 Å². The van der Waals surface area contributed by atoms with E-state index in [1.807, 2.05) is 0 Å². The molecule has 1 aromatic carbocycles. The van der Waals surface area contributed by atoms with Crippen LogP contribution in [0.5, 0.6) is 0 Å². The lowest BCUT2D eigenvalue weighted by molar-refractivity contribution is 1.51. The second-order valence-corrected chi connectivity index (χ2v) is 3.10. The molecule has 1 heteroatoms. The number of hydrogen-bond acceptors (Lipinski definition) is 1. The summed E-state index contributed by atoms with van der Waals surface area (Å²) in [6, 6.07) is 6.42. The molecule has 1 radical (unpaired) electrons. The lowest BCUT2D eigenvalue weighted by Crippen LogP contribution is -1.68. The van der Waals surface area contributed by atoms with Gasteiger partial charge < -0.3 is 0 Å². The molecule has 49 valence electrons. The molecule has 0 nitrogen and oxygen atoms in total. The first-order chi connectivity index (χ1) is 4.86. The zero-order valence-electron chi connectivity index (χ0n) is 5.72. The molecule has 0 N–H and O–H groups in total. The highest BCUT2D eigenvalue weighted by Crippen LogP contribution is 2.18. The zero-order chi connectivity index (χ0) is 6.97. The van der Waals surface area contributed by atoms with E-state index in [9.17, 15) is 0 Å². The van der Waals surface area contributed by atoms with Gasteiger partial charge in [0.1, 0.15) is 0 Å². The number of thiophene rings is 1. The van der Waals surface area contributed by atoms with Gasteiger partial charge in [-0.15, -0.1) is 11.3 Å². The average molecular weight is 147 g/mol. The molecule has 0 aliphatic carbocycles. The highest BCUT2D eigenvalue weighted by molar-refractivity contribution is 7.08. The summed E-state index contributed by atoms with van der Waals surface area (Å²) in [5.74, 6) is 0. The first-order valence-corrected chi connectivity index (χ1v) is 4.10. The maximum Gasteiger partial charge on any atom is 0.0527 e. The van der Waals surface area contributed by atoms with Crippen LogP contribution in [0, 0.1) is 12.3 Å². The molecular weight excluding hydrogens is 140 g/mol. The summed E-state index contributed by atoms with van der Waals surface area (Å²) in [6.45, 7) is 2.10. The number of aryl methyl sites for hydroxylation is 1. The number of hydrogen-bond donors (Lipinski definition) is 0. The summed E-state index contributed by atoms with van der Waals surface area (Å²) < 4.78 is 0. The molecule has 0 fully saturated rings. The lowest BCUT2D eigenvalue weighted by Gasteiger charge is -1.89. The molecule has 0 saturated heterocycles. The van der Waals surface area contributed by atoms with Gasteiger partial charge in [0.25, 0.3) is 0 Å². The molecule has 0 amide bonds. The normalized spacial score (nSPS) is 10.5. The smallest absolute Gasteiger partial charge is 0.0527 e. The summed E-state index contributed by atoms with van der Waals surface area (Å²) >= 11 is 1.64. The van der Waals surface area contributed by atoms with Crippen molar-refractivity contribution < 1.29 is 0 Å². The molecule has 2 rings (SSSR count). The molecule has 0 atom stereocenters. The third-order valence-corrected chi connectivity index (χ3v) is 2.27. The first-order valence-electron chi connectivity index (χ1n) is 3.22. The Bertz CT molecular complexity index is 346. The Morgan fingerprint density at radius 1 is 1.40 bits per heavy atom. The van der Waals surface area contributed by atoms with Crippen molar-refractivity contribution in [3.05, 3.63) is 34.5 Å². The number of benzene rings is 1. The number of fused-ring (bicyclic) bond motifs is 1. The Labute approximate surface area is 64.1 Å². The van der Waals surface area contributed by atoms with Gasteiger partial charge >= 0.3 is 0 Å². The van der Waals surface area contributed by atoms with Crippen LogP contribution in [-0.2, 0) is 0 Å². The van der Waals surface area contributed by atoms with Gasteiger partial charge in [0, 0.05) is 5.39 Å². The fourth-order valence-electron chi connectivity index (χ4n) is 1.02. The van der Waals surface area contributed by atoms with Gasteiger partial charge in [-0.05, 0) is 23.8 Å². The van der Waals surface area contributed by atoms with Crippen LogP contribution in [0.15, 0.2) is 23.6 Å². The fourth-order valence-corrected chi connectivity index (χ4v) is 1.71. The van der Waals surface area contributed by atoms with Crippen LogP contribution in [0.4, 0.5) is 0 Å². The minimum atomic E-state index is 1.24. The van der Waals surface area contributed by atoms with E-state index in [1.165, 1.54) is 16.3 Å². The highest BCUT2D eigenvalue weighted by atomic mass is 32.1. The second kappa shape index (κ2) is 2.10. The van der Waals surface area contributed by atoms with Crippen molar-refractivity contribution in [1.29, 1.82) is 0 Å². The minimum absolute atomic E-state index is 1.24. The van der Waals surface area contributed by atoms with E-state index >= 15 is 0 Å². The maximum atomic E-state index is 3.20. The molecule has 0 aliphatic heterocycles. The molecule has 1 aromatic heterocycles. The molecule has 0 spiro atoms. The SMILES string of the molecule is Cc1ccc2cs[c]c2c1. The maximum absolute atomic E-state index is 3.20. The lowest BCUT2D eigenvalue weighted by atomic mass is 10.1. The van der Waals surface area contributed by atoms with Crippen molar-refractivity contribution >= 4 is 22.1 Å². The van der Waals surface area contributed by atoms with Crippen LogP contribution in [0.1, 0.15) is 5.56 Å². The van der Waals surface area contributed by atoms with Crippen molar-refractivity contribution in [2.45, 2.75) is 6.92 Å². The van der Waals surface area contributed by atoms with E-state index in [0.717, 1.165) is 0 Å². The second-order valence-electron chi connectivity index (χ2n) is 2.43. The van der Waals surface area contributed by atoms with Crippen molar-refractivity contribution in [2.75, 3.05) is 0 Å². The van der Waals surface area contributed by atoms with E-state index in [0.29, 0.717) is 0 Å². The molecule has 0 unspecified atom stereocenters. The standard InChI is InChI=1S/C9H7S/c1-7-2-3-8-5-10-6-9(8)4-7/h2-5H,1H3. The van der Waals surface area contributed by atoms with Gasteiger partial charge in [-0.2, -0.15) is 0 Å². The topological polar surface area (TPSA) is 0 Å². The fraction of sp³-hybridized carbons (Fsp3) is 0.111. The van der Waals surface area contributed by atoms with Crippen LogP contribution >= 0.6 is 11.3 Å². The Hall–Kier alpha value is -0.820. The number of rotatable bonds is 0. The molecule has 2 aromatic rings. The van der Waals surface area contributed by atoms with E-state index in [1.54, 1.807) is 11.3 Å². The summed E-state index contributed by atoms with van der Waals surface area (Å²) in [4.78, 5) is 0. The van der Waals surface area contributed by atoms with Gasteiger partial charge in [0.15, 0.2) is 0 Å². The molecule has 1 heterocycles. The minimum Gasteiger partial charge on any atom is -0.142 e. The van der Waals surface area contributed by atoms with Crippen LogP contribution in [0.2, 0.25) is 0 Å². The molecule has 0 saturated carbocycles. The third kappa shape index (κ3) is 0.830. The van der Waals surface area contributed by atoms with Crippen LogP contribution in [0.25, 0.3) is 10.8 Å². The molecule has 0 aliphatic rings. The monoisotopic (exact) mass is 147 g/mol. The molecular formula is C9H7S. The van der Waals surface area contributed by atoms with Gasteiger partial charge in [0.05, 0.1) is 5.38 Å². The van der Waals surface area contributed by atoms with Gasteiger partial charge in [0.2, 0.25) is 0 Å². The Balaban J connectivity index is 2.86. The Kier molecular flexibility index (Phi) is 1.24. The zero-order valence-corrected chi connectivity index (χ0v) is 6.53. The van der Waals surface area contributed by atoms with Crippen molar-refractivity contribution in [2.24, 2.45) is 0 Å². The van der Waals surface area contributed by atoms with Crippen molar-refractivity contribution in [1.82, 2.24) is 0 Å². The quantitative estimate of drug-likeness (QED) is 0.537. The predicted octanol–water partition coefficient (Wildman–Crippen LogP) is 3.01. The van der Waals surface area contributed by atoms with Gasteiger partial charge in [-0.3, -0.25) is 0 Å². The van der Waals surface area contributed by atoms with Crippen molar-refractivity contribution in [3.63, 3.8) is 0 Å². The van der Waals surface area contributed by atoms with E-state index in [4.69, 9.17) is 0 Å². The summed E-state index contributed by atoms with van der Waals surface area (Å²) in [5, 5.41) is 7.86. The largest absolute Gasteiger partial charge is 0.142 e. The summed E-state index contributed by atoms with van der Waals surface area (Å²) in [7, 11) is 0. The summed E-state index contributed by atoms with van der Waals surface area (Å²) in [5.41, 5.74) is 1.31. The van der Waals surface area contributed by atoms with E-state index in [-0.39, 0.29) is 0 Å². The summed E-state index contributed by atoms with van der Waals surface area (Å²) in [6.07, 6.45) is 0. The van der Waals surface area contributed by atoms with Gasteiger partial charge in [-0.1, -0.05) is 17.7 Å². The van der Waals surface area contributed by atoms with Crippen LogP contribution in [-0.4, -0.2) is 0 Å². The molecule has 10 heavy (non-hydrogen) atoms. The van der Waals surface area contributed by atoms with E-state index < -0.39 is 0 Å². The van der Waals surface area contributed by atoms with Crippen molar-refractivity contribution in [3.8, 4) is 0 Å². The Morgan fingerprint density at radius 3 is 3.20 bits per heavy atom. The van der Waals surface area contributed by atoms with Crippen LogP contribution in [0.3, 0.4) is 0 Å². The van der Waals surface area contributed by atoms with Crippen LogP contribution < -0.4 is 0 Å².